The first-order chi connectivity index (χ1) is 7.73. The molecule has 82 valence electrons. The van der Waals surface area contributed by atoms with Crippen LogP contribution in [-0.4, -0.2) is 17.1 Å². The third-order valence-corrected chi connectivity index (χ3v) is 3.03. The van der Waals surface area contributed by atoms with E-state index in [1.807, 2.05) is 24.4 Å². The van der Waals surface area contributed by atoms with Crippen LogP contribution >= 0.6 is 0 Å². The van der Waals surface area contributed by atoms with Gasteiger partial charge in [0.25, 0.3) is 0 Å². The fourth-order valence-corrected chi connectivity index (χ4v) is 1.79. The van der Waals surface area contributed by atoms with Crippen molar-refractivity contribution in [3.63, 3.8) is 0 Å². The first-order valence-electron chi connectivity index (χ1n) is 5.32. The fourth-order valence-electron chi connectivity index (χ4n) is 1.79. The highest BCUT2D eigenvalue weighted by atomic mass is 16.5. The molecule has 0 atom stereocenters. The maximum Gasteiger partial charge on any atom is 0.148 e. The van der Waals surface area contributed by atoms with Gasteiger partial charge >= 0.3 is 0 Å². The molecule has 0 saturated heterocycles. The van der Waals surface area contributed by atoms with Crippen LogP contribution in [0, 0.1) is 0 Å². The second kappa shape index (κ2) is 3.15. The van der Waals surface area contributed by atoms with Gasteiger partial charge in [-0.3, -0.25) is 0 Å². The number of nitrogens with two attached hydrogens (primary N) is 1. The lowest BCUT2D eigenvalue weighted by Gasteiger charge is -2.09. The van der Waals surface area contributed by atoms with Gasteiger partial charge in [0.2, 0.25) is 0 Å². The van der Waals surface area contributed by atoms with E-state index in [1.54, 1.807) is 7.11 Å². The summed E-state index contributed by atoms with van der Waals surface area (Å²) in [4.78, 5) is 8.84. The van der Waals surface area contributed by atoms with Crippen LogP contribution in [-0.2, 0) is 5.54 Å². The summed E-state index contributed by atoms with van der Waals surface area (Å²) in [7, 11) is 1.64. The van der Waals surface area contributed by atoms with Crippen LogP contribution in [0.5, 0.6) is 5.75 Å². The molecule has 1 aromatic carbocycles. The van der Waals surface area contributed by atoms with E-state index < -0.39 is 0 Å². The van der Waals surface area contributed by atoms with Crippen LogP contribution in [0.3, 0.4) is 0 Å². The van der Waals surface area contributed by atoms with Gasteiger partial charge in [-0.25, -0.2) is 9.97 Å². The molecule has 16 heavy (non-hydrogen) atoms. The van der Waals surface area contributed by atoms with Gasteiger partial charge in [-0.1, -0.05) is 12.1 Å². The first-order valence-corrected chi connectivity index (χ1v) is 5.32. The Morgan fingerprint density at radius 2 is 2.19 bits per heavy atom. The number of ether oxygens (including phenoxy) is 1. The van der Waals surface area contributed by atoms with E-state index in [0.29, 0.717) is 0 Å². The number of fused-ring (bicyclic) bond motifs is 1. The van der Waals surface area contributed by atoms with Crippen LogP contribution < -0.4 is 10.5 Å². The molecule has 4 nitrogen and oxygen atoms in total. The van der Waals surface area contributed by atoms with Crippen molar-refractivity contribution < 1.29 is 4.74 Å². The van der Waals surface area contributed by atoms with Gasteiger partial charge in [-0.15, -0.1) is 0 Å². The lowest BCUT2D eigenvalue weighted by molar-refractivity contribution is 0.418. The van der Waals surface area contributed by atoms with Crippen molar-refractivity contribution in [1.82, 2.24) is 9.97 Å². The molecular weight excluding hydrogens is 202 g/mol. The molecule has 3 rings (SSSR count). The van der Waals surface area contributed by atoms with Crippen molar-refractivity contribution in [3.05, 3.63) is 30.2 Å². The molecule has 0 unspecified atom stereocenters. The molecule has 1 aliphatic carbocycles. The second-order valence-electron chi connectivity index (χ2n) is 4.25. The van der Waals surface area contributed by atoms with Gasteiger partial charge in [0.05, 0.1) is 12.6 Å². The van der Waals surface area contributed by atoms with E-state index >= 15 is 0 Å². The lowest BCUT2D eigenvalue weighted by Crippen LogP contribution is -2.22. The van der Waals surface area contributed by atoms with Crippen LogP contribution in [0.25, 0.3) is 10.9 Å². The van der Waals surface area contributed by atoms with Gasteiger partial charge in [0.15, 0.2) is 0 Å². The third-order valence-electron chi connectivity index (χ3n) is 3.03. The third kappa shape index (κ3) is 1.34. The van der Waals surface area contributed by atoms with E-state index in [-0.39, 0.29) is 5.54 Å². The van der Waals surface area contributed by atoms with Gasteiger partial charge in [0.1, 0.15) is 17.1 Å². The Morgan fingerprint density at radius 1 is 1.38 bits per heavy atom. The van der Waals surface area contributed by atoms with E-state index in [4.69, 9.17) is 10.5 Å². The minimum Gasteiger partial charge on any atom is -0.494 e. The molecule has 4 heteroatoms. The normalized spacial score (nSPS) is 17.4. The van der Waals surface area contributed by atoms with Crippen molar-refractivity contribution >= 4 is 10.9 Å². The summed E-state index contributed by atoms with van der Waals surface area (Å²) >= 11 is 0. The maximum absolute atomic E-state index is 6.08. The van der Waals surface area contributed by atoms with Crippen molar-refractivity contribution in [2.24, 2.45) is 5.73 Å². The summed E-state index contributed by atoms with van der Waals surface area (Å²) in [5.74, 6) is 1.50. The van der Waals surface area contributed by atoms with E-state index in [0.717, 1.165) is 35.3 Å². The summed E-state index contributed by atoms with van der Waals surface area (Å²) in [6.45, 7) is 0. The van der Waals surface area contributed by atoms with Crippen LogP contribution in [0.1, 0.15) is 18.7 Å². The smallest absolute Gasteiger partial charge is 0.148 e. The molecule has 1 aliphatic rings. The lowest BCUT2D eigenvalue weighted by atomic mass is 10.2. The van der Waals surface area contributed by atoms with Crippen molar-refractivity contribution in [1.29, 1.82) is 0 Å². The molecule has 1 aromatic heterocycles. The number of aromatic nitrogens is 2. The predicted octanol–water partition coefficient (Wildman–Crippen LogP) is 1.59. The van der Waals surface area contributed by atoms with Crippen LogP contribution in [0.2, 0.25) is 0 Å². The maximum atomic E-state index is 6.08. The average molecular weight is 215 g/mol. The highest BCUT2D eigenvalue weighted by Gasteiger charge is 2.43. The van der Waals surface area contributed by atoms with Crippen molar-refractivity contribution in [2.75, 3.05) is 7.11 Å². The summed E-state index contributed by atoms with van der Waals surface area (Å²) in [6.07, 6.45) is 3.74. The van der Waals surface area contributed by atoms with Crippen molar-refractivity contribution in [2.45, 2.75) is 18.4 Å². The molecule has 0 bridgehead atoms. The Balaban J connectivity index is 2.22. The zero-order valence-electron chi connectivity index (χ0n) is 9.10. The summed E-state index contributed by atoms with van der Waals surface area (Å²) in [5.41, 5.74) is 6.63. The van der Waals surface area contributed by atoms with Gasteiger partial charge < -0.3 is 10.5 Å². The molecule has 1 fully saturated rings. The van der Waals surface area contributed by atoms with E-state index in [9.17, 15) is 0 Å². The molecule has 1 saturated carbocycles. The highest BCUT2D eigenvalue weighted by Crippen LogP contribution is 2.41. The number of hydrogen-bond acceptors (Lipinski definition) is 4. The topological polar surface area (TPSA) is 61.0 Å². The summed E-state index contributed by atoms with van der Waals surface area (Å²) in [6, 6.07) is 5.80. The fraction of sp³-hybridized carbons (Fsp3) is 0.333. The first kappa shape index (κ1) is 9.54. The SMILES string of the molecule is COc1cccc2cnc(C3(N)CC3)nc12. The second-order valence-corrected chi connectivity index (χ2v) is 4.25. The number of methoxy groups -OCH3 is 1. The Morgan fingerprint density at radius 3 is 2.88 bits per heavy atom. The Labute approximate surface area is 93.5 Å². The summed E-state index contributed by atoms with van der Waals surface area (Å²) < 4.78 is 5.28. The molecule has 0 radical (unpaired) electrons. The Kier molecular flexibility index (Phi) is 1.88. The molecule has 1 heterocycles. The van der Waals surface area contributed by atoms with Crippen LogP contribution in [0.4, 0.5) is 0 Å². The molecule has 2 N–H and O–H groups in total. The van der Waals surface area contributed by atoms with E-state index in [2.05, 4.69) is 9.97 Å². The van der Waals surface area contributed by atoms with Gasteiger partial charge in [-0.2, -0.15) is 0 Å². The zero-order valence-corrected chi connectivity index (χ0v) is 9.10. The van der Waals surface area contributed by atoms with Crippen LogP contribution in [0.15, 0.2) is 24.4 Å². The standard InChI is InChI=1S/C12H13N3O/c1-16-9-4-2-3-8-7-14-11(15-10(8)9)12(13)5-6-12/h2-4,7H,5-6,13H2,1H3. The molecular formula is C12H13N3O. The molecule has 0 spiro atoms. The number of rotatable bonds is 2. The number of para-hydroxylation sites is 1. The highest BCUT2D eigenvalue weighted by molar-refractivity contribution is 5.83. The predicted molar refractivity (Wildman–Crippen MR) is 61.2 cm³/mol. The minimum absolute atomic E-state index is 0.297. The zero-order chi connectivity index (χ0) is 11.2. The number of hydrogen-bond donors (Lipinski definition) is 1. The Bertz CT molecular complexity index is 549. The molecule has 0 amide bonds. The summed E-state index contributed by atoms with van der Waals surface area (Å²) in [5, 5.41) is 0.979. The monoisotopic (exact) mass is 215 g/mol. The quantitative estimate of drug-likeness (QED) is 0.826. The Hall–Kier alpha value is -1.68. The van der Waals surface area contributed by atoms with Gasteiger partial charge in [-0.05, 0) is 18.9 Å². The number of nitrogens with zero attached hydrogens (tertiary/aromatic N) is 2. The average Bonchev–Trinajstić information content (AvgIpc) is 3.07. The molecule has 2 aromatic rings. The molecule has 0 aliphatic heterocycles. The van der Waals surface area contributed by atoms with Crippen molar-refractivity contribution in [3.8, 4) is 5.75 Å². The largest absolute Gasteiger partial charge is 0.494 e. The van der Waals surface area contributed by atoms with Gasteiger partial charge in [0, 0.05) is 11.6 Å². The van der Waals surface area contributed by atoms with E-state index in [1.165, 1.54) is 0 Å². The number of benzene rings is 1. The minimum atomic E-state index is -0.297.